The van der Waals surface area contributed by atoms with Gasteiger partial charge in [0.15, 0.2) is 0 Å². The van der Waals surface area contributed by atoms with Crippen molar-refractivity contribution < 1.29 is 5.11 Å². The van der Waals surface area contributed by atoms with Gasteiger partial charge in [0.2, 0.25) is 0 Å². The molecular weight excluding hydrogens is 246 g/mol. The van der Waals surface area contributed by atoms with Gasteiger partial charge in [-0.1, -0.05) is 52.0 Å². The number of aliphatic hydroxyl groups is 1. The van der Waals surface area contributed by atoms with Crippen molar-refractivity contribution >= 4 is 0 Å². The van der Waals surface area contributed by atoms with Crippen LogP contribution in [0.2, 0.25) is 0 Å². The Hall–Kier alpha value is -0.860. The molecule has 112 valence electrons. The van der Waals surface area contributed by atoms with Crippen molar-refractivity contribution in [3.05, 3.63) is 35.4 Å². The molecule has 0 aromatic heterocycles. The zero-order chi connectivity index (χ0) is 14.8. The van der Waals surface area contributed by atoms with Crippen LogP contribution < -0.4 is 5.32 Å². The molecule has 0 amide bonds. The van der Waals surface area contributed by atoms with Crippen molar-refractivity contribution in [2.24, 2.45) is 10.8 Å². The summed E-state index contributed by atoms with van der Waals surface area (Å²) in [7, 11) is 0. The lowest BCUT2D eigenvalue weighted by Crippen LogP contribution is -2.43. The van der Waals surface area contributed by atoms with Gasteiger partial charge in [0.1, 0.15) is 0 Å². The lowest BCUT2D eigenvalue weighted by Gasteiger charge is -2.45. The molecule has 1 aromatic rings. The summed E-state index contributed by atoms with van der Waals surface area (Å²) in [6.07, 6.45) is 3.82. The van der Waals surface area contributed by atoms with Crippen molar-refractivity contribution in [3.8, 4) is 0 Å². The van der Waals surface area contributed by atoms with E-state index in [9.17, 15) is 0 Å². The molecule has 1 fully saturated rings. The number of hydrogen-bond donors (Lipinski definition) is 2. The predicted octanol–water partition coefficient (Wildman–Crippen LogP) is 3.87. The Morgan fingerprint density at radius 1 is 1.00 bits per heavy atom. The van der Waals surface area contributed by atoms with Crippen LogP contribution in [0.15, 0.2) is 24.3 Å². The third-order valence-corrected chi connectivity index (χ3v) is 4.36. The normalized spacial score (nSPS) is 21.9. The monoisotopic (exact) mass is 275 g/mol. The molecule has 0 heterocycles. The first-order valence-electron chi connectivity index (χ1n) is 7.72. The largest absolute Gasteiger partial charge is 0.392 e. The third-order valence-electron chi connectivity index (χ3n) is 4.36. The zero-order valence-corrected chi connectivity index (χ0v) is 13.4. The SMILES string of the molecule is CC1(C)CC(NCc2ccc(CO)cc2)CC(C)(C)C1. The van der Waals surface area contributed by atoms with Gasteiger partial charge in [-0.25, -0.2) is 0 Å². The number of benzene rings is 1. The Balaban J connectivity index is 1.92. The van der Waals surface area contributed by atoms with Crippen molar-refractivity contribution in [1.29, 1.82) is 0 Å². The Labute approximate surface area is 123 Å². The lowest BCUT2D eigenvalue weighted by atomic mass is 9.63. The standard InChI is InChI=1S/C18H29NO/c1-17(2)9-16(10-18(3,4)13-17)19-11-14-5-7-15(12-20)8-6-14/h5-8,16,19-20H,9-13H2,1-4H3. The average Bonchev–Trinajstić information content (AvgIpc) is 2.33. The van der Waals surface area contributed by atoms with Gasteiger partial charge in [-0.05, 0) is 41.2 Å². The van der Waals surface area contributed by atoms with Gasteiger partial charge in [0.25, 0.3) is 0 Å². The maximum absolute atomic E-state index is 9.06. The molecule has 2 heteroatoms. The number of rotatable bonds is 4. The Bertz CT molecular complexity index is 417. The summed E-state index contributed by atoms with van der Waals surface area (Å²) < 4.78 is 0. The Morgan fingerprint density at radius 2 is 1.50 bits per heavy atom. The maximum Gasteiger partial charge on any atom is 0.0681 e. The molecule has 0 saturated heterocycles. The van der Waals surface area contributed by atoms with E-state index < -0.39 is 0 Å². The molecule has 1 saturated carbocycles. The van der Waals surface area contributed by atoms with Crippen molar-refractivity contribution in [2.45, 2.75) is 66.2 Å². The van der Waals surface area contributed by atoms with Gasteiger partial charge < -0.3 is 10.4 Å². The summed E-state index contributed by atoms with van der Waals surface area (Å²) in [6.45, 7) is 10.6. The van der Waals surface area contributed by atoms with Crippen LogP contribution >= 0.6 is 0 Å². The van der Waals surface area contributed by atoms with E-state index in [0.29, 0.717) is 16.9 Å². The number of hydrogen-bond acceptors (Lipinski definition) is 2. The van der Waals surface area contributed by atoms with E-state index in [1.165, 1.54) is 24.8 Å². The molecule has 0 aliphatic heterocycles. The molecule has 2 nitrogen and oxygen atoms in total. The van der Waals surface area contributed by atoms with Gasteiger partial charge in [-0.2, -0.15) is 0 Å². The maximum atomic E-state index is 9.06. The highest BCUT2D eigenvalue weighted by Crippen LogP contribution is 2.45. The van der Waals surface area contributed by atoms with Crippen LogP contribution in [-0.4, -0.2) is 11.1 Å². The number of nitrogens with one attached hydrogen (secondary N) is 1. The highest BCUT2D eigenvalue weighted by atomic mass is 16.3. The first-order chi connectivity index (χ1) is 9.30. The van der Waals surface area contributed by atoms with Crippen LogP contribution in [0.1, 0.15) is 58.1 Å². The molecule has 1 aliphatic carbocycles. The zero-order valence-electron chi connectivity index (χ0n) is 13.4. The lowest BCUT2D eigenvalue weighted by molar-refractivity contribution is 0.0845. The van der Waals surface area contributed by atoms with Gasteiger partial charge in [0, 0.05) is 12.6 Å². The summed E-state index contributed by atoms with van der Waals surface area (Å²) in [6, 6.07) is 8.83. The topological polar surface area (TPSA) is 32.3 Å². The fraction of sp³-hybridized carbons (Fsp3) is 0.667. The van der Waals surface area contributed by atoms with Crippen molar-refractivity contribution in [3.63, 3.8) is 0 Å². The van der Waals surface area contributed by atoms with E-state index in [1.54, 1.807) is 0 Å². The van der Waals surface area contributed by atoms with E-state index in [2.05, 4.69) is 45.1 Å². The van der Waals surface area contributed by atoms with Gasteiger partial charge in [-0.3, -0.25) is 0 Å². The second kappa shape index (κ2) is 5.87. The summed E-state index contributed by atoms with van der Waals surface area (Å²) in [4.78, 5) is 0. The summed E-state index contributed by atoms with van der Waals surface area (Å²) in [5.41, 5.74) is 3.14. The average molecular weight is 275 g/mol. The first kappa shape index (κ1) is 15.5. The molecule has 0 unspecified atom stereocenters. The second-order valence-corrected chi connectivity index (χ2v) is 7.97. The first-order valence-corrected chi connectivity index (χ1v) is 7.72. The highest BCUT2D eigenvalue weighted by molar-refractivity contribution is 5.21. The fourth-order valence-electron chi connectivity index (χ4n) is 4.02. The van der Waals surface area contributed by atoms with Crippen LogP contribution in [-0.2, 0) is 13.2 Å². The van der Waals surface area contributed by atoms with Gasteiger partial charge in [0.05, 0.1) is 6.61 Å². The summed E-state index contributed by atoms with van der Waals surface area (Å²) >= 11 is 0. The molecule has 0 bridgehead atoms. The van der Waals surface area contributed by atoms with E-state index in [-0.39, 0.29) is 6.61 Å². The minimum absolute atomic E-state index is 0.124. The Morgan fingerprint density at radius 3 is 2.00 bits per heavy atom. The molecule has 20 heavy (non-hydrogen) atoms. The number of aliphatic hydroxyl groups excluding tert-OH is 1. The van der Waals surface area contributed by atoms with E-state index in [0.717, 1.165) is 12.1 Å². The fourth-order valence-corrected chi connectivity index (χ4v) is 4.02. The van der Waals surface area contributed by atoms with Crippen LogP contribution in [0.4, 0.5) is 0 Å². The minimum Gasteiger partial charge on any atom is -0.392 e. The van der Waals surface area contributed by atoms with Crippen LogP contribution in [0.5, 0.6) is 0 Å². The summed E-state index contributed by atoms with van der Waals surface area (Å²) in [5, 5.41) is 12.8. The van der Waals surface area contributed by atoms with Crippen LogP contribution in [0.3, 0.4) is 0 Å². The second-order valence-electron chi connectivity index (χ2n) is 7.97. The third kappa shape index (κ3) is 4.32. The molecule has 0 atom stereocenters. The molecule has 0 radical (unpaired) electrons. The molecule has 1 aliphatic rings. The molecule has 1 aromatic carbocycles. The van der Waals surface area contributed by atoms with Crippen LogP contribution in [0.25, 0.3) is 0 Å². The van der Waals surface area contributed by atoms with Gasteiger partial charge in [-0.15, -0.1) is 0 Å². The molecular formula is C18H29NO. The minimum atomic E-state index is 0.124. The van der Waals surface area contributed by atoms with E-state index in [1.807, 2.05) is 12.1 Å². The smallest absolute Gasteiger partial charge is 0.0681 e. The van der Waals surface area contributed by atoms with E-state index >= 15 is 0 Å². The summed E-state index contributed by atoms with van der Waals surface area (Å²) in [5.74, 6) is 0. The van der Waals surface area contributed by atoms with Crippen molar-refractivity contribution in [2.75, 3.05) is 0 Å². The Kier molecular flexibility index (Phi) is 4.55. The van der Waals surface area contributed by atoms with Crippen LogP contribution in [0, 0.1) is 10.8 Å². The van der Waals surface area contributed by atoms with Gasteiger partial charge >= 0.3 is 0 Å². The molecule has 0 spiro atoms. The predicted molar refractivity (Wildman–Crippen MR) is 84.4 cm³/mol. The highest BCUT2D eigenvalue weighted by Gasteiger charge is 2.37. The van der Waals surface area contributed by atoms with Crippen molar-refractivity contribution in [1.82, 2.24) is 5.32 Å². The molecule has 2 N–H and O–H groups in total. The quantitative estimate of drug-likeness (QED) is 0.874. The van der Waals surface area contributed by atoms with E-state index in [4.69, 9.17) is 5.11 Å². The molecule has 2 rings (SSSR count).